The number of furan rings is 1. The Morgan fingerprint density at radius 1 is 1.10 bits per heavy atom. The van der Waals surface area contributed by atoms with E-state index < -0.39 is 11.9 Å². The van der Waals surface area contributed by atoms with Crippen LogP contribution >= 0.6 is 11.8 Å². The van der Waals surface area contributed by atoms with Crippen molar-refractivity contribution in [3.63, 3.8) is 0 Å². The molecule has 0 saturated heterocycles. The molecule has 1 heterocycles. The molecule has 0 bridgehead atoms. The molecule has 0 saturated carbocycles. The van der Waals surface area contributed by atoms with Crippen LogP contribution in [0.15, 0.2) is 76.6 Å². The molecule has 3 nitrogen and oxygen atoms in total. The second kappa shape index (κ2) is 10.4. The lowest BCUT2D eigenvalue weighted by Crippen LogP contribution is -2.17. The first-order valence-electron chi connectivity index (χ1n) is 9.86. The van der Waals surface area contributed by atoms with Gasteiger partial charge < -0.3 is 9.15 Å². The van der Waals surface area contributed by atoms with Crippen LogP contribution in [0.1, 0.15) is 25.7 Å². The second-order valence-electron chi connectivity index (χ2n) is 6.96. The molecular formula is C24H24F2O3S. The third-order valence-electron chi connectivity index (χ3n) is 4.60. The number of hydrogen-bond donors (Lipinski definition) is 0. The molecule has 30 heavy (non-hydrogen) atoms. The summed E-state index contributed by atoms with van der Waals surface area (Å²) in [6, 6.07) is 17.8. The molecule has 3 aromatic rings. The molecule has 158 valence electrons. The van der Waals surface area contributed by atoms with Crippen molar-refractivity contribution in [1.82, 2.24) is 0 Å². The Morgan fingerprint density at radius 2 is 1.87 bits per heavy atom. The SMILES string of the molecule is C=CC(=O)OCCCC(F)(F)CCCSc1ccc2cc(-c3ccccc3)oc2c1. The standard InChI is InChI=1S/C24H24F2O3S/c1-2-23(27)28-14-6-12-24(25,26)13-7-15-30-20-11-10-19-16-21(29-22(19)17-20)18-8-4-3-5-9-18/h2-5,8-11,16-17H,1,6-7,12-15H2. The van der Waals surface area contributed by atoms with E-state index in [0.29, 0.717) is 12.2 Å². The summed E-state index contributed by atoms with van der Waals surface area (Å²) in [5.74, 6) is -1.93. The van der Waals surface area contributed by atoms with Crippen molar-refractivity contribution in [1.29, 1.82) is 0 Å². The number of carbonyl (C=O) groups is 1. The second-order valence-corrected chi connectivity index (χ2v) is 8.13. The highest BCUT2D eigenvalue weighted by Crippen LogP contribution is 2.32. The number of halogens is 2. The van der Waals surface area contributed by atoms with Gasteiger partial charge in [0.15, 0.2) is 0 Å². The highest BCUT2D eigenvalue weighted by atomic mass is 32.2. The molecule has 0 spiro atoms. The first kappa shape index (κ1) is 22.1. The fourth-order valence-corrected chi connectivity index (χ4v) is 3.93. The Labute approximate surface area is 179 Å². The van der Waals surface area contributed by atoms with E-state index in [2.05, 4.69) is 6.58 Å². The van der Waals surface area contributed by atoms with Crippen LogP contribution < -0.4 is 0 Å². The number of carbonyl (C=O) groups excluding carboxylic acids is 1. The van der Waals surface area contributed by atoms with Crippen molar-refractivity contribution < 1.29 is 22.7 Å². The molecule has 0 amide bonds. The van der Waals surface area contributed by atoms with Crippen LogP contribution in [0.2, 0.25) is 0 Å². The number of alkyl halides is 2. The van der Waals surface area contributed by atoms with Gasteiger partial charge in [0, 0.05) is 34.8 Å². The summed E-state index contributed by atoms with van der Waals surface area (Å²) in [5.41, 5.74) is 1.81. The topological polar surface area (TPSA) is 39.4 Å². The van der Waals surface area contributed by atoms with E-state index in [1.807, 2.05) is 54.6 Å². The van der Waals surface area contributed by atoms with Crippen molar-refractivity contribution in [2.24, 2.45) is 0 Å². The van der Waals surface area contributed by atoms with E-state index in [9.17, 15) is 13.6 Å². The molecule has 2 aromatic carbocycles. The number of ether oxygens (including phenoxy) is 1. The normalized spacial score (nSPS) is 11.5. The molecule has 0 unspecified atom stereocenters. The fourth-order valence-electron chi connectivity index (χ4n) is 3.05. The van der Waals surface area contributed by atoms with Crippen molar-refractivity contribution in [2.45, 2.75) is 36.5 Å². The number of rotatable bonds is 11. The van der Waals surface area contributed by atoms with Crippen LogP contribution in [0.25, 0.3) is 22.3 Å². The molecule has 0 aliphatic heterocycles. The van der Waals surface area contributed by atoms with Gasteiger partial charge >= 0.3 is 5.97 Å². The van der Waals surface area contributed by atoms with Crippen LogP contribution in [-0.2, 0) is 9.53 Å². The molecule has 3 rings (SSSR count). The Hall–Kier alpha value is -2.60. The molecule has 0 fully saturated rings. The molecule has 0 aliphatic rings. The molecule has 6 heteroatoms. The lowest BCUT2D eigenvalue weighted by molar-refractivity contribution is -0.138. The van der Waals surface area contributed by atoms with E-state index in [0.717, 1.165) is 33.3 Å². The predicted octanol–water partition coefficient (Wildman–Crippen LogP) is 7.12. The minimum absolute atomic E-state index is 0.0106. The quantitative estimate of drug-likeness (QED) is 0.141. The Morgan fingerprint density at radius 3 is 2.63 bits per heavy atom. The summed E-state index contributed by atoms with van der Waals surface area (Å²) in [7, 11) is 0. The first-order chi connectivity index (χ1) is 14.5. The number of thioether (sulfide) groups is 1. The summed E-state index contributed by atoms with van der Waals surface area (Å²) < 4.78 is 38.6. The number of fused-ring (bicyclic) bond motifs is 1. The summed E-state index contributed by atoms with van der Waals surface area (Å²) >= 11 is 1.54. The van der Waals surface area contributed by atoms with E-state index in [4.69, 9.17) is 9.15 Å². The minimum Gasteiger partial charge on any atom is -0.463 e. The number of benzene rings is 2. The van der Waals surface area contributed by atoms with Gasteiger partial charge in [-0.05, 0) is 42.9 Å². The summed E-state index contributed by atoms with van der Waals surface area (Å²) in [4.78, 5) is 11.9. The van der Waals surface area contributed by atoms with Gasteiger partial charge in [0.25, 0.3) is 0 Å². The van der Waals surface area contributed by atoms with Crippen LogP contribution in [0.5, 0.6) is 0 Å². The van der Waals surface area contributed by atoms with Crippen LogP contribution in [0.4, 0.5) is 8.78 Å². The maximum atomic E-state index is 13.9. The van der Waals surface area contributed by atoms with E-state index in [1.165, 1.54) is 0 Å². The van der Waals surface area contributed by atoms with Crippen molar-refractivity contribution >= 4 is 28.7 Å². The Kier molecular flexibility index (Phi) is 7.69. The number of hydrogen-bond acceptors (Lipinski definition) is 4. The lowest BCUT2D eigenvalue weighted by Gasteiger charge is -2.15. The van der Waals surface area contributed by atoms with Gasteiger partial charge in [-0.15, -0.1) is 11.8 Å². The van der Waals surface area contributed by atoms with Gasteiger partial charge in [0.1, 0.15) is 11.3 Å². The molecule has 1 aromatic heterocycles. The van der Waals surface area contributed by atoms with Gasteiger partial charge in [-0.1, -0.05) is 36.9 Å². The summed E-state index contributed by atoms with van der Waals surface area (Å²) in [6.45, 7) is 3.25. The number of esters is 1. The maximum absolute atomic E-state index is 13.9. The molecule has 0 atom stereocenters. The Balaban J connectivity index is 1.45. The first-order valence-corrected chi connectivity index (χ1v) is 10.8. The zero-order chi connectivity index (χ0) is 21.4. The van der Waals surface area contributed by atoms with Crippen molar-refractivity contribution in [3.05, 3.63) is 67.3 Å². The zero-order valence-corrected chi connectivity index (χ0v) is 17.4. The monoisotopic (exact) mass is 430 g/mol. The fraction of sp³-hybridized carbons (Fsp3) is 0.292. The smallest absolute Gasteiger partial charge is 0.330 e. The molecule has 0 radical (unpaired) electrons. The third-order valence-corrected chi connectivity index (χ3v) is 5.68. The lowest BCUT2D eigenvalue weighted by atomic mass is 10.1. The van der Waals surface area contributed by atoms with Crippen molar-refractivity contribution in [3.8, 4) is 11.3 Å². The predicted molar refractivity (Wildman–Crippen MR) is 117 cm³/mol. The third kappa shape index (κ3) is 6.46. The molecular weight excluding hydrogens is 406 g/mol. The van der Waals surface area contributed by atoms with E-state index >= 15 is 0 Å². The van der Waals surface area contributed by atoms with E-state index in [-0.39, 0.29) is 25.9 Å². The van der Waals surface area contributed by atoms with Gasteiger partial charge in [-0.3, -0.25) is 0 Å². The zero-order valence-electron chi connectivity index (χ0n) is 16.6. The highest BCUT2D eigenvalue weighted by molar-refractivity contribution is 7.99. The van der Waals surface area contributed by atoms with Gasteiger partial charge in [-0.25, -0.2) is 13.6 Å². The maximum Gasteiger partial charge on any atom is 0.330 e. The summed E-state index contributed by atoms with van der Waals surface area (Å²) in [6.07, 6.45) is 1.09. The van der Waals surface area contributed by atoms with Gasteiger partial charge in [0.2, 0.25) is 5.92 Å². The van der Waals surface area contributed by atoms with Crippen LogP contribution in [0.3, 0.4) is 0 Å². The van der Waals surface area contributed by atoms with Crippen molar-refractivity contribution in [2.75, 3.05) is 12.4 Å². The van der Waals surface area contributed by atoms with Crippen LogP contribution in [-0.4, -0.2) is 24.3 Å². The average Bonchev–Trinajstić information content (AvgIpc) is 3.18. The minimum atomic E-state index is -2.75. The Bertz CT molecular complexity index is 983. The molecule has 0 aliphatic carbocycles. The van der Waals surface area contributed by atoms with Gasteiger partial charge in [0.05, 0.1) is 6.61 Å². The highest BCUT2D eigenvalue weighted by Gasteiger charge is 2.27. The largest absolute Gasteiger partial charge is 0.463 e. The summed E-state index contributed by atoms with van der Waals surface area (Å²) in [5, 5.41) is 1.02. The molecule has 0 N–H and O–H groups in total. The van der Waals surface area contributed by atoms with Crippen LogP contribution in [0, 0.1) is 0 Å². The van der Waals surface area contributed by atoms with Gasteiger partial charge in [-0.2, -0.15) is 0 Å². The van der Waals surface area contributed by atoms with E-state index in [1.54, 1.807) is 11.8 Å². The average molecular weight is 431 g/mol.